The van der Waals surface area contributed by atoms with Crippen molar-refractivity contribution in [3.05, 3.63) is 57.6 Å². The number of halogens is 2. The van der Waals surface area contributed by atoms with Crippen LogP contribution in [-0.4, -0.2) is 24.2 Å². The average molecular weight is 325 g/mol. The number of carbonyl (C=O) groups is 2. The molecule has 0 saturated heterocycles. The number of aromatic carboxylic acids is 1. The normalized spacial score (nSPS) is 10.2. The number of hydrogen-bond donors (Lipinski definition) is 1. The summed E-state index contributed by atoms with van der Waals surface area (Å²) in [7, 11) is 1.26. The highest BCUT2D eigenvalue weighted by Gasteiger charge is 2.16. The molecule has 0 bridgehead atoms. The second kappa shape index (κ2) is 6.16. The Hall–Kier alpha value is -2.04. The van der Waals surface area contributed by atoms with Crippen LogP contribution in [0.2, 0.25) is 10.0 Å². The van der Waals surface area contributed by atoms with Crippen LogP contribution in [0, 0.1) is 0 Å². The number of carboxylic acid groups (broad SMARTS) is 1. The van der Waals surface area contributed by atoms with Crippen LogP contribution in [-0.2, 0) is 4.74 Å². The molecule has 6 heteroatoms. The van der Waals surface area contributed by atoms with Gasteiger partial charge in [0.05, 0.1) is 23.3 Å². The Morgan fingerprint density at radius 3 is 2.29 bits per heavy atom. The average Bonchev–Trinajstić information content (AvgIpc) is 2.45. The van der Waals surface area contributed by atoms with Crippen LogP contribution >= 0.6 is 23.2 Å². The van der Waals surface area contributed by atoms with Gasteiger partial charge in [-0.05, 0) is 41.5 Å². The van der Waals surface area contributed by atoms with Gasteiger partial charge in [0.2, 0.25) is 0 Å². The lowest BCUT2D eigenvalue weighted by Crippen LogP contribution is -2.03. The quantitative estimate of drug-likeness (QED) is 0.861. The number of methoxy groups -OCH3 is 1. The smallest absolute Gasteiger partial charge is 0.339 e. The standard InChI is InChI=1S/C15H10Cl2O4/c1-21-15(20)11-4-2-8(6-13(11)17)12-7-9(16)3-5-10(12)14(18)19/h2-7H,1H3,(H,18,19). The van der Waals surface area contributed by atoms with Gasteiger partial charge in [-0.3, -0.25) is 0 Å². The fourth-order valence-corrected chi connectivity index (χ4v) is 2.33. The van der Waals surface area contributed by atoms with Gasteiger partial charge in [0, 0.05) is 5.02 Å². The Balaban J connectivity index is 2.58. The fourth-order valence-electron chi connectivity index (χ4n) is 1.90. The van der Waals surface area contributed by atoms with Crippen LogP contribution in [0.1, 0.15) is 20.7 Å². The molecule has 0 aromatic heterocycles. The van der Waals surface area contributed by atoms with Gasteiger partial charge in [-0.15, -0.1) is 0 Å². The summed E-state index contributed by atoms with van der Waals surface area (Å²) in [5, 5.41) is 9.80. The zero-order valence-corrected chi connectivity index (χ0v) is 12.4. The zero-order valence-electron chi connectivity index (χ0n) is 10.9. The molecule has 0 aliphatic rings. The minimum atomic E-state index is -1.07. The van der Waals surface area contributed by atoms with E-state index in [0.717, 1.165) is 0 Å². The molecule has 0 aliphatic carbocycles. The van der Waals surface area contributed by atoms with Gasteiger partial charge in [0.15, 0.2) is 0 Å². The number of ether oxygens (including phenoxy) is 1. The van der Waals surface area contributed by atoms with E-state index in [1.165, 1.54) is 37.4 Å². The number of esters is 1. The molecule has 0 saturated carbocycles. The third kappa shape index (κ3) is 3.17. The van der Waals surface area contributed by atoms with Gasteiger partial charge >= 0.3 is 11.9 Å². The summed E-state index contributed by atoms with van der Waals surface area (Å²) in [6.45, 7) is 0. The van der Waals surface area contributed by atoms with Crippen LogP contribution in [0.5, 0.6) is 0 Å². The first-order valence-corrected chi connectivity index (χ1v) is 6.60. The van der Waals surface area contributed by atoms with Gasteiger partial charge in [-0.25, -0.2) is 9.59 Å². The summed E-state index contributed by atoms with van der Waals surface area (Å²) in [6, 6.07) is 9.04. The molecule has 0 amide bonds. The number of hydrogen-bond acceptors (Lipinski definition) is 3. The third-order valence-corrected chi connectivity index (χ3v) is 3.45. The lowest BCUT2D eigenvalue weighted by Gasteiger charge is -2.09. The van der Waals surface area contributed by atoms with E-state index < -0.39 is 11.9 Å². The van der Waals surface area contributed by atoms with Gasteiger partial charge in [-0.1, -0.05) is 29.3 Å². The molecule has 21 heavy (non-hydrogen) atoms. The summed E-state index contributed by atoms with van der Waals surface area (Å²) < 4.78 is 4.61. The maximum atomic E-state index is 11.5. The first-order chi connectivity index (χ1) is 9.93. The Kier molecular flexibility index (Phi) is 4.50. The van der Waals surface area contributed by atoms with Crippen molar-refractivity contribution in [1.82, 2.24) is 0 Å². The van der Waals surface area contributed by atoms with E-state index >= 15 is 0 Å². The lowest BCUT2D eigenvalue weighted by molar-refractivity contribution is 0.0600. The second-order valence-electron chi connectivity index (χ2n) is 4.18. The highest BCUT2D eigenvalue weighted by molar-refractivity contribution is 6.34. The summed E-state index contributed by atoms with van der Waals surface area (Å²) in [5.41, 5.74) is 1.28. The molecule has 2 aromatic carbocycles. The Morgan fingerprint density at radius 1 is 1.05 bits per heavy atom. The highest BCUT2D eigenvalue weighted by Crippen LogP contribution is 2.30. The summed E-state index contributed by atoms with van der Waals surface area (Å²) in [6.07, 6.45) is 0. The summed E-state index contributed by atoms with van der Waals surface area (Å²) in [5.74, 6) is -1.63. The fraction of sp³-hybridized carbons (Fsp3) is 0.0667. The van der Waals surface area contributed by atoms with Gasteiger partial charge in [-0.2, -0.15) is 0 Å². The third-order valence-electron chi connectivity index (χ3n) is 2.90. The first kappa shape index (κ1) is 15.4. The molecule has 0 atom stereocenters. The number of carbonyl (C=O) groups excluding carboxylic acids is 1. The molecule has 0 fully saturated rings. The molecule has 0 heterocycles. The van der Waals surface area contributed by atoms with E-state index in [9.17, 15) is 14.7 Å². The predicted molar refractivity (Wildman–Crippen MR) is 80.2 cm³/mol. The maximum Gasteiger partial charge on any atom is 0.339 e. The highest BCUT2D eigenvalue weighted by atomic mass is 35.5. The molecule has 0 spiro atoms. The molecule has 0 unspecified atom stereocenters. The molecule has 1 N–H and O–H groups in total. The zero-order chi connectivity index (χ0) is 15.6. The minimum Gasteiger partial charge on any atom is -0.478 e. The Labute approximate surface area is 130 Å². The largest absolute Gasteiger partial charge is 0.478 e. The van der Waals surface area contributed by atoms with Crippen molar-refractivity contribution in [3.8, 4) is 11.1 Å². The topological polar surface area (TPSA) is 63.6 Å². The van der Waals surface area contributed by atoms with E-state index in [1.807, 2.05) is 0 Å². The van der Waals surface area contributed by atoms with E-state index in [4.69, 9.17) is 23.2 Å². The summed E-state index contributed by atoms with van der Waals surface area (Å²) in [4.78, 5) is 22.8. The molecule has 2 rings (SSSR count). The summed E-state index contributed by atoms with van der Waals surface area (Å²) >= 11 is 12.0. The van der Waals surface area contributed by atoms with Gasteiger partial charge in [0.25, 0.3) is 0 Å². The number of benzene rings is 2. The van der Waals surface area contributed by atoms with Crippen molar-refractivity contribution in [2.75, 3.05) is 7.11 Å². The molecule has 4 nitrogen and oxygen atoms in total. The number of rotatable bonds is 3. The van der Waals surface area contributed by atoms with Crippen LogP contribution in [0.3, 0.4) is 0 Å². The molecule has 2 aromatic rings. The molecular weight excluding hydrogens is 315 g/mol. The van der Waals surface area contributed by atoms with Crippen LogP contribution in [0.25, 0.3) is 11.1 Å². The van der Waals surface area contributed by atoms with Crippen molar-refractivity contribution < 1.29 is 19.4 Å². The first-order valence-electron chi connectivity index (χ1n) is 5.85. The molecular formula is C15H10Cl2O4. The van der Waals surface area contributed by atoms with E-state index in [-0.39, 0.29) is 16.1 Å². The molecule has 108 valence electrons. The van der Waals surface area contributed by atoms with Gasteiger partial charge < -0.3 is 9.84 Å². The molecule has 0 radical (unpaired) electrons. The maximum absolute atomic E-state index is 11.5. The Bertz CT molecular complexity index is 726. The minimum absolute atomic E-state index is 0.0984. The second-order valence-corrected chi connectivity index (χ2v) is 5.02. The van der Waals surface area contributed by atoms with Crippen LogP contribution in [0.15, 0.2) is 36.4 Å². The van der Waals surface area contributed by atoms with Crippen molar-refractivity contribution in [3.63, 3.8) is 0 Å². The SMILES string of the molecule is COC(=O)c1ccc(-c2cc(Cl)ccc2C(=O)O)cc1Cl. The van der Waals surface area contributed by atoms with Crippen LogP contribution in [0.4, 0.5) is 0 Å². The van der Waals surface area contributed by atoms with E-state index in [0.29, 0.717) is 16.1 Å². The predicted octanol–water partition coefficient (Wildman–Crippen LogP) is 4.15. The monoisotopic (exact) mass is 324 g/mol. The van der Waals surface area contributed by atoms with Crippen molar-refractivity contribution in [2.45, 2.75) is 0 Å². The van der Waals surface area contributed by atoms with Crippen LogP contribution < -0.4 is 0 Å². The van der Waals surface area contributed by atoms with E-state index in [1.54, 1.807) is 6.07 Å². The number of carboxylic acids is 1. The Morgan fingerprint density at radius 2 is 1.71 bits per heavy atom. The van der Waals surface area contributed by atoms with Crippen molar-refractivity contribution >= 4 is 35.1 Å². The molecule has 0 aliphatic heterocycles. The van der Waals surface area contributed by atoms with Crippen molar-refractivity contribution in [1.29, 1.82) is 0 Å². The van der Waals surface area contributed by atoms with Gasteiger partial charge in [0.1, 0.15) is 0 Å². The van der Waals surface area contributed by atoms with Crippen molar-refractivity contribution in [2.24, 2.45) is 0 Å². The lowest BCUT2D eigenvalue weighted by atomic mass is 9.98. The van der Waals surface area contributed by atoms with E-state index in [2.05, 4.69) is 4.74 Å².